The Hall–Kier alpha value is -1.37. The summed E-state index contributed by atoms with van der Waals surface area (Å²) in [6, 6.07) is 1.95. The summed E-state index contributed by atoms with van der Waals surface area (Å²) in [4.78, 5) is 13.3. The van der Waals surface area contributed by atoms with E-state index in [9.17, 15) is 8.42 Å². The highest BCUT2D eigenvalue weighted by atomic mass is 32.2. The molecule has 2 aliphatic heterocycles. The lowest BCUT2D eigenvalue weighted by Gasteiger charge is -2.27. The summed E-state index contributed by atoms with van der Waals surface area (Å²) in [6.45, 7) is 4.83. The van der Waals surface area contributed by atoms with Crippen LogP contribution in [0.1, 0.15) is 26.2 Å². The van der Waals surface area contributed by atoms with Crippen molar-refractivity contribution < 1.29 is 8.42 Å². The average Bonchev–Trinajstić information content (AvgIpc) is 3.10. The molecule has 0 bridgehead atoms. The Morgan fingerprint density at radius 1 is 1.38 bits per heavy atom. The molecule has 2 fully saturated rings. The monoisotopic (exact) mass is 310 g/mol. The molecule has 0 spiro atoms. The second-order valence-corrected chi connectivity index (χ2v) is 7.98. The molecule has 1 aromatic heterocycles. The number of sulfone groups is 1. The van der Waals surface area contributed by atoms with Gasteiger partial charge in [-0.1, -0.05) is 0 Å². The molecular formula is C14H22N4O2S. The summed E-state index contributed by atoms with van der Waals surface area (Å²) in [6.07, 6.45) is 4.87. The Balaban J connectivity index is 1.82. The first-order valence-electron chi connectivity index (χ1n) is 7.64. The van der Waals surface area contributed by atoms with Gasteiger partial charge in [0.2, 0.25) is 5.95 Å². The van der Waals surface area contributed by atoms with Gasteiger partial charge in [-0.25, -0.2) is 13.4 Å². The Morgan fingerprint density at radius 3 is 2.76 bits per heavy atom. The second kappa shape index (κ2) is 5.79. The van der Waals surface area contributed by atoms with E-state index in [2.05, 4.69) is 14.9 Å². The van der Waals surface area contributed by atoms with E-state index in [4.69, 9.17) is 0 Å². The van der Waals surface area contributed by atoms with Crippen molar-refractivity contribution in [3.8, 4) is 0 Å². The van der Waals surface area contributed by atoms with Crippen LogP contribution in [-0.2, 0) is 9.84 Å². The second-order valence-electron chi connectivity index (χ2n) is 5.75. The van der Waals surface area contributed by atoms with E-state index in [1.54, 1.807) is 6.20 Å². The Kier molecular flexibility index (Phi) is 4.01. The number of rotatable bonds is 4. The number of hydrogen-bond acceptors (Lipinski definition) is 6. The highest BCUT2D eigenvalue weighted by Crippen LogP contribution is 2.24. The third kappa shape index (κ3) is 3.12. The van der Waals surface area contributed by atoms with Crippen LogP contribution in [0.15, 0.2) is 12.3 Å². The van der Waals surface area contributed by atoms with Crippen LogP contribution in [-0.4, -0.2) is 55.6 Å². The van der Waals surface area contributed by atoms with E-state index >= 15 is 0 Å². The van der Waals surface area contributed by atoms with Crippen molar-refractivity contribution in [1.82, 2.24) is 9.97 Å². The maximum absolute atomic E-state index is 11.7. The van der Waals surface area contributed by atoms with E-state index in [1.165, 1.54) is 12.8 Å². The smallest absolute Gasteiger partial charge is 0.227 e. The van der Waals surface area contributed by atoms with E-state index < -0.39 is 9.84 Å². The molecule has 2 aliphatic rings. The third-order valence-corrected chi connectivity index (χ3v) is 6.06. The van der Waals surface area contributed by atoms with E-state index in [0.29, 0.717) is 12.4 Å². The zero-order chi connectivity index (χ0) is 14.9. The van der Waals surface area contributed by atoms with Crippen LogP contribution in [0.2, 0.25) is 0 Å². The maximum atomic E-state index is 11.7. The minimum Gasteiger partial charge on any atom is -0.356 e. The van der Waals surface area contributed by atoms with Crippen LogP contribution in [0.5, 0.6) is 0 Å². The van der Waals surface area contributed by atoms with Crippen LogP contribution < -0.4 is 9.80 Å². The predicted molar refractivity (Wildman–Crippen MR) is 83.6 cm³/mol. The first-order chi connectivity index (χ1) is 10.1. The van der Waals surface area contributed by atoms with Gasteiger partial charge in [0, 0.05) is 31.9 Å². The summed E-state index contributed by atoms with van der Waals surface area (Å²) < 4.78 is 23.4. The molecule has 1 unspecified atom stereocenters. The minimum atomic E-state index is -2.89. The third-order valence-electron chi connectivity index (χ3n) is 4.30. The zero-order valence-electron chi connectivity index (χ0n) is 12.4. The van der Waals surface area contributed by atoms with Gasteiger partial charge < -0.3 is 9.80 Å². The van der Waals surface area contributed by atoms with Gasteiger partial charge in [-0.3, -0.25) is 0 Å². The van der Waals surface area contributed by atoms with Gasteiger partial charge in [0.05, 0.1) is 11.5 Å². The molecule has 21 heavy (non-hydrogen) atoms. The molecule has 1 atom stereocenters. The molecule has 6 nitrogen and oxygen atoms in total. The average molecular weight is 310 g/mol. The topological polar surface area (TPSA) is 66.4 Å². The first kappa shape index (κ1) is 14.6. The molecule has 1 aromatic rings. The van der Waals surface area contributed by atoms with Crippen LogP contribution >= 0.6 is 0 Å². The molecule has 2 saturated heterocycles. The van der Waals surface area contributed by atoms with Crippen LogP contribution in [0.3, 0.4) is 0 Å². The molecule has 0 saturated carbocycles. The van der Waals surface area contributed by atoms with Crippen molar-refractivity contribution in [1.29, 1.82) is 0 Å². The number of nitrogens with zero attached hydrogens (tertiary/aromatic N) is 4. The van der Waals surface area contributed by atoms with Crippen molar-refractivity contribution in [2.75, 3.05) is 40.9 Å². The lowest BCUT2D eigenvalue weighted by molar-refractivity contribution is 0.599. The molecular weight excluding hydrogens is 288 g/mol. The molecule has 3 rings (SSSR count). The number of hydrogen-bond donors (Lipinski definition) is 0. The Labute approximate surface area is 126 Å². The first-order valence-corrected chi connectivity index (χ1v) is 9.46. The van der Waals surface area contributed by atoms with E-state index in [-0.39, 0.29) is 17.5 Å². The number of aromatic nitrogens is 2. The van der Waals surface area contributed by atoms with Crippen molar-refractivity contribution in [2.24, 2.45) is 0 Å². The van der Waals surface area contributed by atoms with Crippen molar-refractivity contribution in [2.45, 2.75) is 32.2 Å². The van der Waals surface area contributed by atoms with Crippen LogP contribution in [0.25, 0.3) is 0 Å². The number of anilines is 2. The normalized spacial score (nSPS) is 24.4. The standard InChI is InChI=1S/C14H22N4O2S/c1-2-18(12-6-10-21(19,20)11-12)14-15-7-5-13(16-14)17-8-3-4-9-17/h5,7,12H,2-4,6,8-11H2,1H3. The lowest BCUT2D eigenvalue weighted by atomic mass is 10.2. The fourth-order valence-corrected chi connectivity index (χ4v) is 4.91. The van der Waals surface area contributed by atoms with Crippen LogP contribution in [0, 0.1) is 0 Å². The summed E-state index contributed by atoms with van der Waals surface area (Å²) in [7, 11) is -2.89. The summed E-state index contributed by atoms with van der Waals surface area (Å²) in [5, 5.41) is 0. The van der Waals surface area contributed by atoms with Crippen molar-refractivity contribution in [3.05, 3.63) is 12.3 Å². The predicted octanol–water partition coefficient (Wildman–Crippen LogP) is 1.09. The van der Waals surface area contributed by atoms with Gasteiger partial charge in [0.1, 0.15) is 5.82 Å². The molecule has 7 heteroatoms. The molecule has 0 aliphatic carbocycles. The Morgan fingerprint density at radius 2 is 2.14 bits per heavy atom. The van der Waals surface area contributed by atoms with E-state index in [0.717, 1.165) is 25.5 Å². The molecule has 0 amide bonds. The molecule has 0 aromatic carbocycles. The highest BCUT2D eigenvalue weighted by molar-refractivity contribution is 7.91. The van der Waals surface area contributed by atoms with Gasteiger partial charge in [-0.15, -0.1) is 0 Å². The molecule has 116 valence electrons. The van der Waals surface area contributed by atoms with Gasteiger partial charge in [-0.2, -0.15) is 4.98 Å². The fraction of sp³-hybridized carbons (Fsp3) is 0.714. The zero-order valence-corrected chi connectivity index (χ0v) is 13.2. The highest BCUT2D eigenvalue weighted by Gasteiger charge is 2.33. The summed E-state index contributed by atoms with van der Waals surface area (Å²) >= 11 is 0. The SMILES string of the molecule is CCN(c1nccc(N2CCCC2)n1)C1CCS(=O)(=O)C1. The van der Waals surface area contributed by atoms with Crippen molar-refractivity contribution in [3.63, 3.8) is 0 Å². The van der Waals surface area contributed by atoms with Gasteiger partial charge in [0.25, 0.3) is 0 Å². The Bertz CT molecular complexity index is 599. The van der Waals surface area contributed by atoms with Gasteiger partial charge in [-0.05, 0) is 32.3 Å². The molecule has 0 radical (unpaired) electrons. The maximum Gasteiger partial charge on any atom is 0.227 e. The van der Waals surface area contributed by atoms with E-state index in [1.807, 2.05) is 17.9 Å². The van der Waals surface area contributed by atoms with Gasteiger partial charge in [0.15, 0.2) is 9.84 Å². The fourth-order valence-electron chi connectivity index (χ4n) is 3.18. The quantitative estimate of drug-likeness (QED) is 0.829. The lowest BCUT2D eigenvalue weighted by Crippen LogP contribution is -2.37. The molecule has 0 N–H and O–H groups in total. The summed E-state index contributed by atoms with van der Waals surface area (Å²) in [5.41, 5.74) is 0. The van der Waals surface area contributed by atoms with Gasteiger partial charge >= 0.3 is 0 Å². The summed E-state index contributed by atoms with van der Waals surface area (Å²) in [5.74, 6) is 2.11. The van der Waals surface area contributed by atoms with Crippen LogP contribution in [0.4, 0.5) is 11.8 Å². The largest absolute Gasteiger partial charge is 0.356 e. The molecule has 3 heterocycles. The van der Waals surface area contributed by atoms with Crippen molar-refractivity contribution >= 4 is 21.6 Å². The minimum absolute atomic E-state index is 0.00817.